The number of carbonyl (C=O) groups is 1. The number of aromatic nitrogens is 3. The standard InChI is InChI=1S/C17H16F2N4O/c1-3-12(16-21-13-5-4-9(2)6-14(13)22-16)23-17(24)15-11(19)7-10(18)8-20-15/h4-8,12H,3H2,1-2H3,(H,21,22)(H,23,24)/t12-/m1/s1. The fourth-order valence-electron chi connectivity index (χ4n) is 2.48. The number of amides is 1. The molecule has 0 saturated heterocycles. The predicted octanol–water partition coefficient (Wildman–Crippen LogP) is 3.43. The van der Waals surface area contributed by atoms with E-state index in [-0.39, 0.29) is 0 Å². The molecule has 0 aliphatic rings. The number of hydrogen-bond donors (Lipinski definition) is 2. The molecule has 0 spiro atoms. The van der Waals surface area contributed by atoms with Gasteiger partial charge < -0.3 is 10.3 Å². The maximum absolute atomic E-state index is 13.7. The molecule has 7 heteroatoms. The highest BCUT2D eigenvalue weighted by Gasteiger charge is 2.21. The molecule has 0 saturated carbocycles. The summed E-state index contributed by atoms with van der Waals surface area (Å²) in [6.07, 6.45) is 1.36. The fourth-order valence-corrected chi connectivity index (χ4v) is 2.48. The lowest BCUT2D eigenvalue weighted by atomic mass is 10.2. The van der Waals surface area contributed by atoms with E-state index in [4.69, 9.17) is 0 Å². The SMILES string of the molecule is CC[C@@H](NC(=O)c1ncc(F)cc1F)c1nc2ccc(C)cc2[nH]1. The smallest absolute Gasteiger partial charge is 0.273 e. The van der Waals surface area contributed by atoms with Gasteiger partial charge in [-0.25, -0.2) is 18.7 Å². The zero-order valence-corrected chi connectivity index (χ0v) is 13.2. The summed E-state index contributed by atoms with van der Waals surface area (Å²) in [5.41, 5.74) is 2.30. The summed E-state index contributed by atoms with van der Waals surface area (Å²) in [5, 5.41) is 2.68. The lowest BCUT2D eigenvalue weighted by Crippen LogP contribution is -2.30. The molecular formula is C17H16F2N4O. The van der Waals surface area contributed by atoms with E-state index in [1.165, 1.54) is 0 Å². The molecule has 1 aromatic carbocycles. The Morgan fingerprint density at radius 3 is 2.83 bits per heavy atom. The quantitative estimate of drug-likeness (QED) is 0.770. The van der Waals surface area contributed by atoms with Crippen LogP contribution < -0.4 is 5.32 Å². The van der Waals surface area contributed by atoms with Crippen molar-refractivity contribution in [2.45, 2.75) is 26.3 Å². The number of imidazole rings is 1. The molecule has 3 rings (SSSR count). The Kier molecular flexibility index (Phi) is 4.24. The van der Waals surface area contributed by atoms with Crippen LogP contribution in [0.5, 0.6) is 0 Å². The molecule has 0 bridgehead atoms. The Morgan fingerprint density at radius 1 is 1.33 bits per heavy atom. The van der Waals surface area contributed by atoms with Crippen LogP contribution in [0.3, 0.4) is 0 Å². The van der Waals surface area contributed by atoms with Crippen LogP contribution >= 0.6 is 0 Å². The molecule has 0 radical (unpaired) electrons. The summed E-state index contributed by atoms with van der Waals surface area (Å²) < 4.78 is 26.6. The van der Waals surface area contributed by atoms with E-state index < -0.39 is 29.3 Å². The van der Waals surface area contributed by atoms with E-state index in [0.717, 1.165) is 22.8 Å². The number of nitrogens with one attached hydrogen (secondary N) is 2. The van der Waals surface area contributed by atoms with Crippen molar-refractivity contribution in [1.29, 1.82) is 0 Å². The second-order valence-corrected chi connectivity index (χ2v) is 5.56. The minimum absolute atomic E-state index is 0.434. The second kappa shape index (κ2) is 6.35. The third kappa shape index (κ3) is 3.10. The van der Waals surface area contributed by atoms with Gasteiger partial charge in [0.1, 0.15) is 11.6 Å². The third-order valence-electron chi connectivity index (χ3n) is 3.72. The number of halogens is 2. The summed E-state index contributed by atoms with van der Waals surface area (Å²) in [6.45, 7) is 3.85. The molecule has 2 heterocycles. The van der Waals surface area contributed by atoms with Crippen molar-refractivity contribution in [3.05, 3.63) is 59.2 Å². The van der Waals surface area contributed by atoms with Crippen molar-refractivity contribution in [2.75, 3.05) is 0 Å². The van der Waals surface area contributed by atoms with E-state index in [1.807, 2.05) is 32.0 Å². The maximum atomic E-state index is 13.7. The molecule has 124 valence electrons. The summed E-state index contributed by atoms with van der Waals surface area (Å²) in [7, 11) is 0. The van der Waals surface area contributed by atoms with Crippen LogP contribution in [0.4, 0.5) is 8.78 Å². The molecule has 0 unspecified atom stereocenters. The maximum Gasteiger partial charge on any atom is 0.273 e. The van der Waals surface area contributed by atoms with Gasteiger partial charge in [0.15, 0.2) is 11.5 Å². The number of rotatable bonds is 4. The van der Waals surface area contributed by atoms with Gasteiger partial charge in [0.2, 0.25) is 0 Å². The molecule has 1 atom stereocenters. The van der Waals surface area contributed by atoms with Crippen molar-refractivity contribution in [3.63, 3.8) is 0 Å². The molecule has 0 aliphatic carbocycles. The Labute approximate surface area is 137 Å². The Hall–Kier alpha value is -2.83. The highest BCUT2D eigenvalue weighted by Crippen LogP contribution is 2.20. The number of H-pyrrole nitrogens is 1. The van der Waals surface area contributed by atoms with Gasteiger partial charge in [-0.2, -0.15) is 0 Å². The zero-order valence-electron chi connectivity index (χ0n) is 13.2. The molecule has 24 heavy (non-hydrogen) atoms. The van der Waals surface area contributed by atoms with Crippen LogP contribution in [0.15, 0.2) is 30.5 Å². The number of aryl methyl sites for hydroxylation is 1. The third-order valence-corrected chi connectivity index (χ3v) is 3.72. The van der Waals surface area contributed by atoms with Crippen LogP contribution in [0.1, 0.15) is 41.3 Å². The monoisotopic (exact) mass is 330 g/mol. The first-order valence-electron chi connectivity index (χ1n) is 7.56. The summed E-state index contributed by atoms with van der Waals surface area (Å²) in [4.78, 5) is 23.4. The van der Waals surface area contributed by atoms with Crippen molar-refractivity contribution in [3.8, 4) is 0 Å². The fraction of sp³-hybridized carbons (Fsp3) is 0.235. The minimum Gasteiger partial charge on any atom is -0.341 e. The average molecular weight is 330 g/mol. The van der Waals surface area contributed by atoms with Crippen LogP contribution in [0.2, 0.25) is 0 Å². The van der Waals surface area contributed by atoms with Gasteiger partial charge in [0.25, 0.3) is 5.91 Å². The van der Waals surface area contributed by atoms with Gasteiger partial charge in [-0.05, 0) is 31.0 Å². The first-order valence-corrected chi connectivity index (χ1v) is 7.56. The number of nitrogens with zero attached hydrogens (tertiary/aromatic N) is 2. The molecule has 5 nitrogen and oxygen atoms in total. The van der Waals surface area contributed by atoms with Gasteiger partial charge in [-0.1, -0.05) is 13.0 Å². The molecule has 0 fully saturated rings. The lowest BCUT2D eigenvalue weighted by Gasteiger charge is -2.14. The van der Waals surface area contributed by atoms with Gasteiger partial charge in [0.05, 0.1) is 23.3 Å². The van der Waals surface area contributed by atoms with E-state index >= 15 is 0 Å². The van der Waals surface area contributed by atoms with Crippen LogP contribution in [0.25, 0.3) is 11.0 Å². The number of aromatic amines is 1. The minimum atomic E-state index is -0.998. The average Bonchev–Trinajstić information content (AvgIpc) is 2.95. The topological polar surface area (TPSA) is 70.7 Å². The van der Waals surface area contributed by atoms with E-state index in [0.29, 0.717) is 18.3 Å². The highest BCUT2D eigenvalue weighted by molar-refractivity contribution is 5.92. The van der Waals surface area contributed by atoms with Gasteiger partial charge in [0, 0.05) is 6.07 Å². The number of pyridine rings is 1. The normalized spacial score (nSPS) is 12.3. The Balaban J connectivity index is 1.86. The van der Waals surface area contributed by atoms with E-state index in [2.05, 4.69) is 20.3 Å². The van der Waals surface area contributed by atoms with Gasteiger partial charge >= 0.3 is 0 Å². The first-order chi connectivity index (χ1) is 11.5. The van der Waals surface area contributed by atoms with Crippen LogP contribution in [-0.4, -0.2) is 20.9 Å². The van der Waals surface area contributed by atoms with E-state index in [9.17, 15) is 13.6 Å². The Bertz CT molecular complexity index is 907. The summed E-state index contributed by atoms with van der Waals surface area (Å²) in [5.74, 6) is -1.96. The summed E-state index contributed by atoms with van der Waals surface area (Å²) in [6, 6.07) is 6.00. The summed E-state index contributed by atoms with van der Waals surface area (Å²) >= 11 is 0. The lowest BCUT2D eigenvalue weighted by molar-refractivity contribution is 0.0924. The molecule has 2 N–H and O–H groups in total. The molecule has 1 amide bonds. The van der Waals surface area contributed by atoms with Crippen molar-refractivity contribution < 1.29 is 13.6 Å². The Morgan fingerprint density at radius 2 is 2.12 bits per heavy atom. The molecular weight excluding hydrogens is 314 g/mol. The second-order valence-electron chi connectivity index (χ2n) is 5.56. The highest BCUT2D eigenvalue weighted by atomic mass is 19.1. The zero-order chi connectivity index (χ0) is 17.3. The number of fused-ring (bicyclic) bond motifs is 1. The number of carbonyl (C=O) groups excluding carboxylic acids is 1. The first kappa shape index (κ1) is 16.0. The van der Waals surface area contributed by atoms with E-state index in [1.54, 1.807) is 0 Å². The largest absolute Gasteiger partial charge is 0.341 e. The molecule has 0 aliphatic heterocycles. The van der Waals surface area contributed by atoms with Gasteiger partial charge in [-0.3, -0.25) is 4.79 Å². The van der Waals surface area contributed by atoms with Crippen molar-refractivity contribution >= 4 is 16.9 Å². The van der Waals surface area contributed by atoms with Crippen LogP contribution in [0, 0.1) is 18.6 Å². The van der Waals surface area contributed by atoms with Gasteiger partial charge in [-0.15, -0.1) is 0 Å². The number of benzene rings is 1. The number of hydrogen-bond acceptors (Lipinski definition) is 3. The molecule has 3 aromatic rings. The predicted molar refractivity (Wildman–Crippen MR) is 85.5 cm³/mol. The van der Waals surface area contributed by atoms with Crippen LogP contribution in [-0.2, 0) is 0 Å². The molecule has 2 aromatic heterocycles. The van der Waals surface area contributed by atoms with Crippen molar-refractivity contribution in [1.82, 2.24) is 20.3 Å². The van der Waals surface area contributed by atoms with Crippen molar-refractivity contribution in [2.24, 2.45) is 0 Å².